The molecule has 96 valence electrons. The standard InChI is InChI=1S/C13H20FNO2/c1-9(8-16-4)17-13-6-5-11(14)7-12(13)10(2)15-3/h5-7,9-10,15H,8H2,1-4H3. The summed E-state index contributed by atoms with van der Waals surface area (Å²) in [5, 5.41) is 3.08. The SMILES string of the molecule is CNC(C)c1cc(F)ccc1OC(C)COC. The van der Waals surface area contributed by atoms with Crippen LogP contribution in [0, 0.1) is 5.82 Å². The summed E-state index contributed by atoms with van der Waals surface area (Å²) in [6, 6.07) is 4.59. The van der Waals surface area contributed by atoms with Crippen LogP contribution in [0.3, 0.4) is 0 Å². The summed E-state index contributed by atoms with van der Waals surface area (Å²) in [6.07, 6.45) is -0.0618. The van der Waals surface area contributed by atoms with Crippen LogP contribution < -0.4 is 10.1 Å². The van der Waals surface area contributed by atoms with Crippen molar-refractivity contribution in [2.75, 3.05) is 20.8 Å². The average Bonchev–Trinajstić information content (AvgIpc) is 2.30. The lowest BCUT2D eigenvalue weighted by Crippen LogP contribution is -2.20. The molecule has 1 N–H and O–H groups in total. The van der Waals surface area contributed by atoms with E-state index in [0.29, 0.717) is 12.4 Å². The highest BCUT2D eigenvalue weighted by molar-refractivity contribution is 5.36. The minimum absolute atomic E-state index is 0.0374. The van der Waals surface area contributed by atoms with Crippen molar-refractivity contribution in [2.45, 2.75) is 26.0 Å². The van der Waals surface area contributed by atoms with Crippen LogP contribution in [0.1, 0.15) is 25.5 Å². The Morgan fingerprint density at radius 3 is 2.65 bits per heavy atom. The Kier molecular flexibility index (Phi) is 5.38. The molecule has 0 aromatic heterocycles. The Hall–Kier alpha value is -1.13. The largest absolute Gasteiger partial charge is 0.488 e. The predicted molar refractivity (Wildman–Crippen MR) is 65.8 cm³/mol. The first-order valence-electron chi connectivity index (χ1n) is 5.70. The van der Waals surface area contributed by atoms with Gasteiger partial charge in [-0.15, -0.1) is 0 Å². The summed E-state index contributed by atoms with van der Waals surface area (Å²) in [5.41, 5.74) is 0.815. The molecule has 0 radical (unpaired) electrons. The van der Waals surface area contributed by atoms with Gasteiger partial charge in [-0.25, -0.2) is 4.39 Å². The summed E-state index contributed by atoms with van der Waals surface area (Å²) in [5.74, 6) is 0.437. The summed E-state index contributed by atoms with van der Waals surface area (Å²) >= 11 is 0. The van der Waals surface area contributed by atoms with Crippen molar-refractivity contribution in [2.24, 2.45) is 0 Å². The van der Waals surface area contributed by atoms with Crippen molar-refractivity contribution in [3.05, 3.63) is 29.6 Å². The molecule has 0 amide bonds. The number of benzene rings is 1. The summed E-state index contributed by atoms with van der Waals surface area (Å²) in [6.45, 7) is 4.38. The smallest absolute Gasteiger partial charge is 0.124 e. The first-order chi connectivity index (χ1) is 8.08. The van der Waals surface area contributed by atoms with Crippen LogP contribution >= 0.6 is 0 Å². The van der Waals surface area contributed by atoms with Gasteiger partial charge in [0.15, 0.2) is 0 Å². The number of nitrogens with one attached hydrogen (secondary N) is 1. The van der Waals surface area contributed by atoms with Crippen LogP contribution in [-0.2, 0) is 4.74 Å². The molecular formula is C13H20FNO2. The number of hydrogen-bond acceptors (Lipinski definition) is 3. The topological polar surface area (TPSA) is 30.5 Å². The molecule has 0 spiro atoms. The van der Waals surface area contributed by atoms with E-state index in [1.807, 2.05) is 20.9 Å². The highest BCUT2D eigenvalue weighted by Gasteiger charge is 2.13. The van der Waals surface area contributed by atoms with E-state index in [9.17, 15) is 4.39 Å². The van der Waals surface area contributed by atoms with Gasteiger partial charge in [0.25, 0.3) is 0 Å². The molecule has 2 unspecified atom stereocenters. The van der Waals surface area contributed by atoms with Crippen molar-refractivity contribution in [3.63, 3.8) is 0 Å². The maximum atomic E-state index is 13.2. The van der Waals surface area contributed by atoms with Crippen LogP contribution in [0.15, 0.2) is 18.2 Å². The first-order valence-corrected chi connectivity index (χ1v) is 5.70. The zero-order valence-electron chi connectivity index (χ0n) is 10.8. The van der Waals surface area contributed by atoms with Crippen LogP contribution in [0.5, 0.6) is 5.75 Å². The van der Waals surface area contributed by atoms with E-state index >= 15 is 0 Å². The third-order valence-electron chi connectivity index (χ3n) is 2.60. The fourth-order valence-corrected chi connectivity index (χ4v) is 1.61. The highest BCUT2D eigenvalue weighted by atomic mass is 19.1. The van der Waals surface area contributed by atoms with Crippen LogP contribution in [0.2, 0.25) is 0 Å². The number of rotatable bonds is 6. The predicted octanol–water partition coefficient (Wildman–Crippen LogP) is 2.52. The molecule has 0 aliphatic rings. The number of ether oxygens (including phenoxy) is 2. The molecule has 1 aromatic rings. The fraction of sp³-hybridized carbons (Fsp3) is 0.538. The van der Waals surface area contributed by atoms with E-state index in [4.69, 9.17) is 9.47 Å². The lowest BCUT2D eigenvalue weighted by Gasteiger charge is -2.20. The maximum Gasteiger partial charge on any atom is 0.124 e. The average molecular weight is 241 g/mol. The Labute approximate surface area is 102 Å². The molecule has 0 aliphatic carbocycles. The number of methoxy groups -OCH3 is 1. The number of hydrogen-bond donors (Lipinski definition) is 1. The van der Waals surface area contributed by atoms with Crippen molar-refractivity contribution >= 4 is 0 Å². The van der Waals surface area contributed by atoms with Gasteiger partial charge in [-0.05, 0) is 39.1 Å². The minimum Gasteiger partial charge on any atom is -0.488 e. The van der Waals surface area contributed by atoms with Gasteiger partial charge >= 0.3 is 0 Å². The van der Waals surface area contributed by atoms with Gasteiger partial charge in [0, 0.05) is 18.7 Å². The monoisotopic (exact) mass is 241 g/mol. The van der Waals surface area contributed by atoms with Gasteiger partial charge in [0.05, 0.1) is 6.61 Å². The highest BCUT2D eigenvalue weighted by Crippen LogP contribution is 2.26. The third-order valence-corrected chi connectivity index (χ3v) is 2.60. The van der Waals surface area contributed by atoms with Crippen LogP contribution in [-0.4, -0.2) is 26.9 Å². The van der Waals surface area contributed by atoms with Crippen molar-refractivity contribution in [3.8, 4) is 5.75 Å². The summed E-state index contributed by atoms with van der Waals surface area (Å²) in [4.78, 5) is 0. The quantitative estimate of drug-likeness (QED) is 0.830. The lowest BCUT2D eigenvalue weighted by atomic mass is 10.1. The lowest BCUT2D eigenvalue weighted by molar-refractivity contribution is 0.0910. The zero-order valence-corrected chi connectivity index (χ0v) is 10.8. The second-order valence-electron chi connectivity index (χ2n) is 4.08. The Bertz CT molecular complexity index is 357. The third kappa shape index (κ3) is 3.98. The molecule has 2 atom stereocenters. The van der Waals surface area contributed by atoms with Gasteiger partial charge in [0.2, 0.25) is 0 Å². The van der Waals surface area contributed by atoms with E-state index in [0.717, 1.165) is 5.56 Å². The van der Waals surface area contributed by atoms with E-state index in [1.54, 1.807) is 13.2 Å². The van der Waals surface area contributed by atoms with E-state index in [1.165, 1.54) is 12.1 Å². The van der Waals surface area contributed by atoms with Crippen LogP contribution in [0.4, 0.5) is 4.39 Å². The Morgan fingerprint density at radius 1 is 1.35 bits per heavy atom. The molecule has 17 heavy (non-hydrogen) atoms. The molecule has 0 aliphatic heterocycles. The Balaban J connectivity index is 2.90. The molecular weight excluding hydrogens is 221 g/mol. The van der Waals surface area contributed by atoms with Crippen molar-refractivity contribution in [1.82, 2.24) is 5.32 Å². The molecule has 0 bridgehead atoms. The minimum atomic E-state index is -0.256. The van der Waals surface area contributed by atoms with E-state index < -0.39 is 0 Å². The second-order valence-corrected chi connectivity index (χ2v) is 4.08. The zero-order chi connectivity index (χ0) is 12.8. The Morgan fingerprint density at radius 2 is 2.06 bits per heavy atom. The van der Waals surface area contributed by atoms with Gasteiger partial charge in [-0.2, -0.15) is 0 Å². The molecule has 0 fully saturated rings. The maximum absolute atomic E-state index is 13.2. The van der Waals surface area contributed by atoms with Gasteiger partial charge in [-0.1, -0.05) is 0 Å². The first kappa shape index (κ1) is 13.9. The molecule has 3 nitrogen and oxygen atoms in total. The molecule has 0 heterocycles. The van der Waals surface area contributed by atoms with Crippen molar-refractivity contribution in [1.29, 1.82) is 0 Å². The van der Waals surface area contributed by atoms with E-state index in [-0.39, 0.29) is 18.0 Å². The summed E-state index contributed by atoms with van der Waals surface area (Å²) in [7, 11) is 3.46. The van der Waals surface area contributed by atoms with Gasteiger partial charge < -0.3 is 14.8 Å². The summed E-state index contributed by atoms with van der Waals surface area (Å²) < 4.78 is 24.0. The molecule has 1 rings (SSSR count). The second kappa shape index (κ2) is 6.57. The molecule has 0 saturated heterocycles. The van der Waals surface area contributed by atoms with Crippen LogP contribution in [0.25, 0.3) is 0 Å². The number of halogens is 1. The van der Waals surface area contributed by atoms with E-state index in [2.05, 4.69) is 5.32 Å². The van der Waals surface area contributed by atoms with Crippen molar-refractivity contribution < 1.29 is 13.9 Å². The fourth-order valence-electron chi connectivity index (χ4n) is 1.61. The normalized spacial score (nSPS) is 14.4. The van der Waals surface area contributed by atoms with Gasteiger partial charge in [-0.3, -0.25) is 0 Å². The van der Waals surface area contributed by atoms with Gasteiger partial charge in [0.1, 0.15) is 17.7 Å². The molecule has 4 heteroatoms. The molecule has 0 saturated carbocycles. The molecule has 1 aromatic carbocycles.